The predicted molar refractivity (Wildman–Crippen MR) is 99.7 cm³/mol. The SMILES string of the molecule is COc1ccc([C@H]2Cn3nnc(-c4nc(C5CCCCC5)no4)c3CO2)cc1. The number of ether oxygens (including phenoxy) is 2. The lowest BCUT2D eigenvalue weighted by atomic mass is 9.89. The van der Waals surface area contributed by atoms with Crippen LogP contribution in [0.4, 0.5) is 0 Å². The molecular formula is C20H23N5O3. The first-order valence-corrected chi connectivity index (χ1v) is 9.83. The number of hydrogen-bond acceptors (Lipinski definition) is 7. The van der Waals surface area contributed by atoms with Gasteiger partial charge in [-0.2, -0.15) is 4.98 Å². The lowest BCUT2D eigenvalue weighted by molar-refractivity contribution is -0.00119. The fraction of sp³-hybridized carbons (Fsp3) is 0.500. The second-order valence-electron chi connectivity index (χ2n) is 7.43. The highest BCUT2D eigenvalue weighted by atomic mass is 16.5. The van der Waals surface area contributed by atoms with Crippen molar-refractivity contribution in [3.05, 3.63) is 41.3 Å². The first kappa shape index (κ1) is 17.4. The van der Waals surface area contributed by atoms with Crippen LogP contribution in [0, 0.1) is 0 Å². The zero-order valence-corrected chi connectivity index (χ0v) is 15.9. The molecule has 3 aromatic rings. The largest absolute Gasteiger partial charge is 0.497 e. The molecule has 3 heterocycles. The number of benzene rings is 1. The van der Waals surface area contributed by atoms with Crippen molar-refractivity contribution in [1.29, 1.82) is 0 Å². The van der Waals surface area contributed by atoms with E-state index in [0.717, 1.165) is 35.7 Å². The van der Waals surface area contributed by atoms with Gasteiger partial charge in [0.2, 0.25) is 0 Å². The second-order valence-corrected chi connectivity index (χ2v) is 7.43. The third-order valence-electron chi connectivity index (χ3n) is 5.70. The summed E-state index contributed by atoms with van der Waals surface area (Å²) >= 11 is 0. The number of hydrogen-bond donors (Lipinski definition) is 0. The maximum Gasteiger partial charge on any atom is 0.280 e. The summed E-state index contributed by atoms with van der Waals surface area (Å²) in [6.07, 6.45) is 5.95. The topological polar surface area (TPSA) is 88.1 Å². The van der Waals surface area contributed by atoms with Gasteiger partial charge in [0.1, 0.15) is 11.9 Å². The molecule has 8 nitrogen and oxygen atoms in total. The highest BCUT2D eigenvalue weighted by Crippen LogP contribution is 2.34. The van der Waals surface area contributed by atoms with Gasteiger partial charge in [-0.05, 0) is 30.5 Å². The van der Waals surface area contributed by atoms with Crippen molar-refractivity contribution >= 4 is 0 Å². The lowest BCUT2D eigenvalue weighted by Crippen LogP contribution is -2.22. The van der Waals surface area contributed by atoms with E-state index >= 15 is 0 Å². The summed E-state index contributed by atoms with van der Waals surface area (Å²) in [4.78, 5) is 4.62. The van der Waals surface area contributed by atoms with E-state index in [1.54, 1.807) is 7.11 Å². The molecular weight excluding hydrogens is 358 g/mol. The standard InChI is InChI=1S/C20H23N5O3/c1-26-15-9-7-13(8-10-15)17-11-25-16(12-27-17)18(22-24-25)20-21-19(23-28-20)14-5-3-2-4-6-14/h7-10,14,17H,2-6,11-12H2,1H3/t17-/m1/s1. The average molecular weight is 381 g/mol. The minimum Gasteiger partial charge on any atom is -0.497 e. The molecule has 0 radical (unpaired) electrons. The molecule has 1 aliphatic heterocycles. The molecule has 2 aliphatic rings. The zero-order valence-electron chi connectivity index (χ0n) is 15.9. The fourth-order valence-electron chi connectivity index (χ4n) is 4.06. The molecule has 0 N–H and O–H groups in total. The second kappa shape index (κ2) is 7.35. The van der Waals surface area contributed by atoms with Gasteiger partial charge in [0, 0.05) is 5.92 Å². The van der Waals surface area contributed by atoms with Crippen LogP contribution in [0.25, 0.3) is 11.6 Å². The van der Waals surface area contributed by atoms with Gasteiger partial charge in [-0.25, -0.2) is 4.68 Å². The molecule has 0 unspecified atom stereocenters. The minimum atomic E-state index is -0.0755. The lowest BCUT2D eigenvalue weighted by Gasteiger charge is -2.24. The van der Waals surface area contributed by atoms with E-state index in [1.807, 2.05) is 28.9 Å². The molecule has 8 heteroatoms. The van der Waals surface area contributed by atoms with E-state index in [0.29, 0.717) is 30.7 Å². The van der Waals surface area contributed by atoms with Crippen LogP contribution in [0.1, 0.15) is 61.2 Å². The monoisotopic (exact) mass is 381 g/mol. The maximum absolute atomic E-state index is 6.08. The van der Waals surface area contributed by atoms with Crippen molar-refractivity contribution < 1.29 is 14.0 Å². The summed E-state index contributed by atoms with van der Waals surface area (Å²) in [5.74, 6) is 2.46. The fourth-order valence-corrected chi connectivity index (χ4v) is 4.06. The number of rotatable bonds is 4. The van der Waals surface area contributed by atoms with Crippen LogP contribution >= 0.6 is 0 Å². The van der Waals surface area contributed by atoms with Gasteiger partial charge in [0.25, 0.3) is 5.89 Å². The molecule has 0 bridgehead atoms. The Morgan fingerprint density at radius 1 is 1.11 bits per heavy atom. The molecule has 0 amide bonds. The Labute approximate surface area is 162 Å². The summed E-state index contributed by atoms with van der Waals surface area (Å²) in [6.45, 7) is 0.998. The smallest absolute Gasteiger partial charge is 0.280 e. The number of methoxy groups -OCH3 is 1. The van der Waals surface area contributed by atoms with Crippen molar-refractivity contribution in [2.45, 2.75) is 57.3 Å². The van der Waals surface area contributed by atoms with Gasteiger partial charge >= 0.3 is 0 Å². The van der Waals surface area contributed by atoms with Crippen LogP contribution in [0.2, 0.25) is 0 Å². The molecule has 0 spiro atoms. The Morgan fingerprint density at radius 3 is 2.71 bits per heavy atom. The van der Waals surface area contributed by atoms with Gasteiger partial charge < -0.3 is 14.0 Å². The number of aromatic nitrogens is 5. The predicted octanol–water partition coefficient (Wildman–Crippen LogP) is 3.66. The van der Waals surface area contributed by atoms with E-state index in [1.165, 1.54) is 19.3 Å². The summed E-state index contributed by atoms with van der Waals surface area (Å²) in [5.41, 5.74) is 2.59. The first-order chi connectivity index (χ1) is 13.8. The van der Waals surface area contributed by atoms with E-state index in [9.17, 15) is 0 Å². The molecule has 1 atom stereocenters. The number of fused-ring (bicyclic) bond motifs is 1. The van der Waals surface area contributed by atoms with E-state index < -0.39 is 0 Å². The third kappa shape index (κ3) is 3.17. The number of nitrogens with zero attached hydrogens (tertiary/aromatic N) is 5. The molecule has 5 rings (SSSR count). The summed E-state index contributed by atoms with van der Waals surface area (Å²) in [7, 11) is 1.66. The van der Waals surface area contributed by atoms with Gasteiger partial charge in [0.15, 0.2) is 11.5 Å². The van der Waals surface area contributed by atoms with Crippen molar-refractivity contribution in [1.82, 2.24) is 25.1 Å². The van der Waals surface area contributed by atoms with Crippen molar-refractivity contribution in [2.24, 2.45) is 0 Å². The molecule has 1 saturated carbocycles. The Bertz CT molecular complexity index is 943. The van der Waals surface area contributed by atoms with Crippen LogP contribution in [0.3, 0.4) is 0 Å². The summed E-state index contributed by atoms with van der Waals surface area (Å²) in [5, 5.41) is 12.8. The van der Waals surface area contributed by atoms with Crippen molar-refractivity contribution in [3.63, 3.8) is 0 Å². The van der Waals surface area contributed by atoms with Crippen molar-refractivity contribution in [3.8, 4) is 17.3 Å². The van der Waals surface area contributed by atoms with E-state index in [2.05, 4.69) is 20.5 Å². The first-order valence-electron chi connectivity index (χ1n) is 9.83. The highest BCUT2D eigenvalue weighted by Gasteiger charge is 2.29. The molecule has 1 aliphatic carbocycles. The van der Waals surface area contributed by atoms with E-state index in [-0.39, 0.29) is 6.10 Å². The molecule has 28 heavy (non-hydrogen) atoms. The van der Waals surface area contributed by atoms with Crippen molar-refractivity contribution in [2.75, 3.05) is 7.11 Å². The normalized spacial score (nSPS) is 20.1. The molecule has 0 saturated heterocycles. The molecule has 1 aromatic carbocycles. The quantitative estimate of drug-likeness (QED) is 0.681. The third-order valence-corrected chi connectivity index (χ3v) is 5.70. The van der Waals surface area contributed by atoms with Gasteiger partial charge in [0.05, 0.1) is 26.0 Å². The Hall–Kier alpha value is -2.74. The zero-order chi connectivity index (χ0) is 18.9. The Kier molecular flexibility index (Phi) is 4.56. The molecule has 1 fully saturated rings. The van der Waals surface area contributed by atoms with Crippen LogP contribution in [0.5, 0.6) is 5.75 Å². The maximum atomic E-state index is 6.08. The molecule has 146 valence electrons. The summed E-state index contributed by atoms with van der Waals surface area (Å²) in [6, 6.07) is 7.90. The molecule has 2 aromatic heterocycles. The Balaban J connectivity index is 1.35. The van der Waals surface area contributed by atoms with Crippen LogP contribution < -0.4 is 4.74 Å². The highest BCUT2D eigenvalue weighted by molar-refractivity contribution is 5.50. The van der Waals surface area contributed by atoms with Crippen LogP contribution in [-0.2, 0) is 17.9 Å². The van der Waals surface area contributed by atoms with Gasteiger partial charge in [-0.15, -0.1) is 5.10 Å². The van der Waals surface area contributed by atoms with Crippen LogP contribution in [-0.4, -0.2) is 32.2 Å². The van der Waals surface area contributed by atoms with Gasteiger partial charge in [-0.3, -0.25) is 0 Å². The van der Waals surface area contributed by atoms with Gasteiger partial charge in [-0.1, -0.05) is 41.8 Å². The van der Waals surface area contributed by atoms with Crippen LogP contribution in [0.15, 0.2) is 28.8 Å². The summed E-state index contributed by atoms with van der Waals surface area (Å²) < 4.78 is 18.7. The average Bonchev–Trinajstić information content (AvgIpc) is 3.41. The minimum absolute atomic E-state index is 0.0755. The van der Waals surface area contributed by atoms with E-state index in [4.69, 9.17) is 14.0 Å². The Morgan fingerprint density at radius 2 is 1.93 bits per heavy atom.